The van der Waals surface area contributed by atoms with E-state index < -0.39 is 59.8 Å². The molecular weight excluding hydrogens is 1100 g/mol. The van der Waals surface area contributed by atoms with E-state index in [-0.39, 0.29) is 87.5 Å². The number of fused-ring (bicyclic) bond motifs is 1. The number of imide groups is 1. The molecule has 0 fully saturated rings. The second kappa shape index (κ2) is 32.7. The number of carbonyl (C=O) groups excluding carboxylic acids is 10. The fourth-order valence-electron chi connectivity index (χ4n) is 9.27. The molecular formula is C62H75N13O11. The molecule has 86 heavy (non-hydrogen) atoms. The van der Waals surface area contributed by atoms with Crippen LogP contribution in [0.2, 0.25) is 0 Å². The van der Waals surface area contributed by atoms with Gasteiger partial charge in [-0.3, -0.25) is 48.2 Å². The number of primary amides is 1. The third kappa shape index (κ3) is 20.4. The quantitative estimate of drug-likeness (QED) is 0.0175. The summed E-state index contributed by atoms with van der Waals surface area (Å²) in [6, 6.07) is 17.8. The van der Waals surface area contributed by atoms with Crippen LogP contribution in [0, 0.1) is 0 Å². The van der Waals surface area contributed by atoms with Crippen molar-refractivity contribution in [1.82, 2.24) is 41.4 Å². The van der Waals surface area contributed by atoms with Crippen molar-refractivity contribution in [3.63, 3.8) is 0 Å². The summed E-state index contributed by atoms with van der Waals surface area (Å²) in [6.07, 6.45) is 10.0. The average molecular weight is 1180 g/mol. The standard InChI is InChI=1S/C62H75N13O11/c1-5-27-74(28-6-2)60(83)45-32-43-20-21-44(33-49(43)70-51(63)34-45)56(79)69-47-30-42(35-65-37-47)36-67-57(80)50(31-40-14-9-7-10-15-40)72-62(85)86-38-41-18-22-46(23-19-41)68-58(81)48(16-13-26-66-61(64)84)71-59(82)55(39(3)4)73-52(76)17-11-8-12-29-75-53(77)24-25-54(75)78/h7,9-10,14-15,18-25,30,32-33,35,37,48,50,55H,3,5-6,8,11-13,16-17,26-29,31,34,36,38H2,1-2,4H3,(H2,63,70)(H,67,80)(H,68,81)(H,69,79)(H,71,82)(H,72,85)(H,73,76)(H3,64,66,84)/t48-,50-,55-/m0/s1. The van der Waals surface area contributed by atoms with Crippen LogP contribution >= 0.6 is 0 Å². The van der Waals surface area contributed by atoms with Crippen molar-refractivity contribution in [3.05, 3.63) is 149 Å². The number of unbranched alkanes of at least 4 members (excludes halogenated alkanes) is 2. The minimum absolute atomic E-state index is 0.0151. The summed E-state index contributed by atoms with van der Waals surface area (Å²) in [5.41, 5.74) is 16.2. The fraction of sp³-hybridized carbons (Fsp3) is 0.355. The third-order valence-electron chi connectivity index (χ3n) is 13.7. The summed E-state index contributed by atoms with van der Waals surface area (Å²) in [7, 11) is 0. The van der Waals surface area contributed by atoms with Crippen molar-refractivity contribution in [3.8, 4) is 0 Å². The summed E-state index contributed by atoms with van der Waals surface area (Å²) in [5.74, 6) is -3.34. The lowest BCUT2D eigenvalue weighted by molar-refractivity contribution is -0.137. The number of nitrogens with two attached hydrogens (primary N) is 2. The molecule has 3 aromatic carbocycles. The van der Waals surface area contributed by atoms with Crippen LogP contribution in [0.25, 0.3) is 6.08 Å². The zero-order valence-electron chi connectivity index (χ0n) is 48.6. The van der Waals surface area contributed by atoms with Gasteiger partial charge < -0.3 is 58.3 Å². The highest BCUT2D eigenvalue weighted by molar-refractivity contribution is 6.13. The Bertz CT molecular complexity index is 3210. The van der Waals surface area contributed by atoms with Gasteiger partial charge in [0.25, 0.3) is 17.7 Å². The number of aromatic nitrogens is 1. The summed E-state index contributed by atoms with van der Waals surface area (Å²) >= 11 is 0. The van der Waals surface area contributed by atoms with Crippen molar-refractivity contribution in [2.45, 2.75) is 116 Å². The van der Waals surface area contributed by atoms with Crippen LogP contribution in [0.15, 0.2) is 126 Å². The second-order valence-corrected chi connectivity index (χ2v) is 20.7. The summed E-state index contributed by atoms with van der Waals surface area (Å²) in [6.45, 7) is 10.8. The van der Waals surface area contributed by atoms with Gasteiger partial charge in [-0.05, 0) is 104 Å². The Balaban J connectivity index is 1.01. The Hall–Kier alpha value is -10.0. The van der Waals surface area contributed by atoms with E-state index in [0.29, 0.717) is 77.3 Å². The first-order chi connectivity index (χ1) is 41.3. The number of nitrogens with one attached hydrogen (secondary N) is 7. The third-order valence-corrected chi connectivity index (χ3v) is 13.7. The SMILES string of the molecule is C=C(C)[C@H](NC(=O)CCCCCN1C(=O)C=CC1=O)C(=O)N[C@@H](CCCNC(N)=O)C(=O)Nc1ccc(COC(=O)N[C@@H](Cc2ccccc2)C(=O)NCc2cncc(NC(=O)c3ccc4c(c3)N=C(N)CC(C(=O)N(CCC)CCC)=C4)c2)cc1. The van der Waals surface area contributed by atoms with Gasteiger partial charge in [0.1, 0.15) is 30.6 Å². The highest BCUT2D eigenvalue weighted by Gasteiger charge is 2.29. The molecule has 0 bridgehead atoms. The van der Waals surface area contributed by atoms with Gasteiger partial charge in [0.2, 0.25) is 29.5 Å². The number of anilines is 2. The van der Waals surface area contributed by atoms with Crippen LogP contribution < -0.4 is 48.7 Å². The number of aliphatic imine (C=N–C) groups is 1. The molecule has 24 heteroatoms. The molecule has 454 valence electrons. The lowest BCUT2D eigenvalue weighted by Crippen LogP contribution is -2.53. The molecule has 1 aromatic heterocycles. The Morgan fingerprint density at radius 1 is 0.744 bits per heavy atom. The average Bonchev–Trinajstić information content (AvgIpc) is 3.60. The highest BCUT2D eigenvalue weighted by atomic mass is 16.5. The first-order valence-corrected chi connectivity index (χ1v) is 28.5. The van der Waals surface area contributed by atoms with E-state index in [1.807, 2.05) is 36.9 Å². The fourth-order valence-corrected chi connectivity index (χ4v) is 9.27. The predicted molar refractivity (Wildman–Crippen MR) is 324 cm³/mol. The van der Waals surface area contributed by atoms with Gasteiger partial charge in [0, 0.05) is 92.7 Å². The van der Waals surface area contributed by atoms with E-state index in [2.05, 4.69) is 53.8 Å². The Morgan fingerprint density at radius 2 is 1.47 bits per heavy atom. The topological polar surface area (TPSA) is 348 Å². The number of rotatable bonds is 31. The number of pyridine rings is 1. The van der Waals surface area contributed by atoms with Crippen molar-refractivity contribution in [2.24, 2.45) is 16.5 Å². The largest absolute Gasteiger partial charge is 0.445 e. The van der Waals surface area contributed by atoms with Gasteiger partial charge in [0.05, 0.1) is 17.6 Å². The molecule has 0 saturated heterocycles. The number of amides is 11. The number of carbonyl (C=O) groups is 10. The van der Waals surface area contributed by atoms with E-state index >= 15 is 0 Å². The van der Waals surface area contributed by atoms with E-state index in [9.17, 15) is 47.9 Å². The van der Waals surface area contributed by atoms with Crippen LogP contribution in [0.3, 0.4) is 0 Å². The molecule has 24 nitrogen and oxygen atoms in total. The first-order valence-electron chi connectivity index (χ1n) is 28.5. The summed E-state index contributed by atoms with van der Waals surface area (Å²) in [4.78, 5) is 141. The molecule has 3 heterocycles. The lowest BCUT2D eigenvalue weighted by atomic mass is 10.0. The molecule has 0 radical (unpaired) electrons. The normalized spacial score (nSPS) is 13.5. The minimum atomic E-state index is -1.19. The molecule has 11 N–H and O–H groups in total. The number of alkyl carbamates (subject to hydrolysis) is 1. The van der Waals surface area contributed by atoms with Crippen molar-refractivity contribution < 1.29 is 52.7 Å². The molecule has 3 atom stereocenters. The zero-order valence-corrected chi connectivity index (χ0v) is 48.6. The van der Waals surface area contributed by atoms with E-state index in [1.54, 1.807) is 73.7 Å². The minimum Gasteiger partial charge on any atom is -0.445 e. The summed E-state index contributed by atoms with van der Waals surface area (Å²) < 4.78 is 5.53. The van der Waals surface area contributed by atoms with Crippen LogP contribution in [-0.2, 0) is 57.9 Å². The molecule has 2 aliphatic heterocycles. The number of amidine groups is 1. The van der Waals surface area contributed by atoms with Crippen molar-refractivity contribution >= 4 is 88.4 Å². The molecule has 11 amide bonds. The number of urea groups is 1. The van der Waals surface area contributed by atoms with Crippen LogP contribution in [0.5, 0.6) is 0 Å². The number of hydrogen-bond donors (Lipinski definition) is 9. The monoisotopic (exact) mass is 1180 g/mol. The Labute approximate surface area is 499 Å². The summed E-state index contributed by atoms with van der Waals surface area (Å²) in [5, 5.41) is 18.9. The smallest absolute Gasteiger partial charge is 0.408 e. The number of nitrogens with zero attached hydrogens (tertiary/aromatic N) is 4. The molecule has 6 rings (SSSR count). The van der Waals surface area contributed by atoms with E-state index in [4.69, 9.17) is 16.2 Å². The van der Waals surface area contributed by atoms with Crippen LogP contribution in [0.1, 0.15) is 111 Å². The van der Waals surface area contributed by atoms with Gasteiger partial charge in [-0.25, -0.2) is 14.6 Å². The maximum absolute atomic E-state index is 13.8. The first kappa shape index (κ1) is 65.2. The molecule has 0 unspecified atom stereocenters. The molecule has 2 aliphatic rings. The number of ether oxygens (including phenoxy) is 1. The highest BCUT2D eigenvalue weighted by Crippen LogP contribution is 2.29. The van der Waals surface area contributed by atoms with Gasteiger partial charge >= 0.3 is 12.1 Å². The van der Waals surface area contributed by atoms with Crippen molar-refractivity contribution in [1.29, 1.82) is 0 Å². The number of benzene rings is 3. The lowest BCUT2D eigenvalue weighted by Gasteiger charge is -2.23. The van der Waals surface area contributed by atoms with Gasteiger partial charge in [-0.1, -0.05) is 75.4 Å². The molecule has 0 spiro atoms. The molecule has 4 aromatic rings. The van der Waals surface area contributed by atoms with E-state index in [0.717, 1.165) is 23.3 Å². The van der Waals surface area contributed by atoms with Gasteiger partial charge in [-0.15, -0.1) is 0 Å². The zero-order chi connectivity index (χ0) is 62.1. The van der Waals surface area contributed by atoms with Gasteiger partial charge in [-0.2, -0.15) is 0 Å². The van der Waals surface area contributed by atoms with Crippen LogP contribution in [0.4, 0.5) is 26.7 Å². The maximum atomic E-state index is 13.8. The predicted octanol–water partition coefficient (Wildman–Crippen LogP) is 5.33. The second-order valence-electron chi connectivity index (χ2n) is 20.7. The Kier molecular flexibility index (Phi) is 24.8. The molecule has 0 aliphatic carbocycles. The van der Waals surface area contributed by atoms with Crippen molar-refractivity contribution in [2.75, 3.05) is 36.8 Å². The molecule has 0 saturated carbocycles. The van der Waals surface area contributed by atoms with Gasteiger partial charge in [0.15, 0.2) is 0 Å². The van der Waals surface area contributed by atoms with E-state index in [1.165, 1.54) is 24.5 Å². The maximum Gasteiger partial charge on any atom is 0.408 e. The van der Waals surface area contributed by atoms with Crippen LogP contribution in [-0.4, -0.2) is 124 Å². The Morgan fingerprint density at radius 3 is 2.15 bits per heavy atom. The number of hydrogen-bond acceptors (Lipinski definition) is 14.